The van der Waals surface area contributed by atoms with Crippen LogP contribution in [0.15, 0.2) is 12.1 Å². The van der Waals surface area contributed by atoms with Crippen LogP contribution in [0.4, 0.5) is 0 Å². The van der Waals surface area contributed by atoms with E-state index in [2.05, 4.69) is 11.1 Å². The Bertz CT molecular complexity index is 582. The molecule has 1 aromatic heterocycles. The summed E-state index contributed by atoms with van der Waals surface area (Å²) in [5.41, 5.74) is 2.02. The Labute approximate surface area is 123 Å². The summed E-state index contributed by atoms with van der Waals surface area (Å²) in [6.45, 7) is 0. The van der Waals surface area contributed by atoms with Crippen molar-refractivity contribution in [3.63, 3.8) is 0 Å². The Morgan fingerprint density at radius 2 is 2.05 bits per heavy atom. The normalized spacial score (nSPS) is 25.1. The second-order valence-electron chi connectivity index (χ2n) is 6.80. The van der Waals surface area contributed by atoms with Gasteiger partial charge in [-0.15, -0.1) is 0 Å². The van der Waals surface area contributed by atoms with Gasteiger partial charge in [-0.3, -0.25) is 4.79 Å². The highest BCUT2D eigenvalue weighted by Crippen LogP contribution is 2.69. The molecule has 0 saturated heterocycles. The molecule has 3 fully saturated rings. The maximum Gasteiger partial charge on any atom is 0.316 e. The molecule has 4 heteroatoms. The number of carbonyl (C=O) groups excluding carboxylic acids is 1. The van der Waals surface area contributed by atoms with E-state index >= 15 is 0 Å². The lowest BCUT2D eigenvalue weighted by Crippen LogP contribution is -2.49. The molecule has 3 aliphatic carbocycles. The van der Waals surface area contributed by atoms with Crippen LogP contribution in [0.2, 0.25) is 5.15 Å². The van der Waals surface area contributed by atoms with Gasteiger partial charge in [-0.1, -0.05) is 11.6 Å². The van der Waals surface area contributed by atoms with Gasteiger partial charge in [0.25, 0.3) is 0 Å². The van der Waals surface area contributed by atoms with Crippen LogP contribution in [-0.4, -0.2) is 18.1 Å². The number of ether oxygens (including phenoxy) is 1. The average Bonchev–Trinajstić information content (AvgIpc) is 3.27. The summed E-state index contributed by atoms with van der Waals surface area (Å²) in [4.78, 5) is 16.8. The number of esters is 1. The third-order valence-electron chi connectivity index (χ3n) is 5.25. The number of pyridine rings is 1. The first-order valence-corrected chi connectivity index (χ1v) is 7.71. The zero-order valence-corrected chi connectivity index (χ0v) is 12.4. The van der Waals surface area contributed by atoms with Gasteiger partial charge in [0.15, 0.2) is 0 Å². The van der Waals surface area contributed by atoms with Crippen molar-refractivity contribution in [3.05, 3.63) is 28.5 Å². The van der Waals surface area contributed by atoms with Crippen molar-refractivity contribution in [1.82, 2.24) is 4.98 Å². The first kappa shape index (κ1) is 12.6. The van der Waals surface area contributed by atoms with E-state index in [0.717, 1.165) is 24.1 Å². The van der Waals surface area contributed by atoms with Gasteiger partial charge in [0.1, 0.15) is 5.15 Å². The van der Waals surface area contributed by atoms with E-state index in [1.54, 1.807) is 0 Å². The molecule has 1 spiro atoms. The molecule has 0 aromatic carbocycles. The Morgan fingerprint density at radius 1 is 1.35 bits per heavy atom. The highest BCUT2D eigenvalue weighted by atomic mass is 35.5. The second kappa shape index (κ2) is 3.97. The standard InChI is InChI=1S/C16H18ClNO2/c1-20-14(19)16(8-15(9-16)4-5-15)11-6-12(10-2-3-10)18-13(17)7-11/h6-7,10H,2-5,8-9H2,1H3. The quantitative estimate of drug-likeness (QED) is 0.631. The van der Waals surface area contributed by atoms with Crippen LogP contribution in [0.3, 0.4) is 0 Å². The van der Waals surface area contributed by atoms with E-state index in [1.807, 2.05) is 6.07 Å². The van der Waals surface area contributed by atoms with Gasteiger partial charge in [0.2, 0.25) is 0 Å². The van der Waals surface area contributed by atoms with Crippen molar-refractivity contribution >= 4 is 17.6 Å². The Kier molecular flexibility index (Phi) is 2.51. The first-order valence-electron chi connectivity index (χ1n) is 7.33. The van der Waals surface area contributed by atoms with Gasteiger partial charge in [0, 0.05) is 11.6 Å². The number of aromatic nitrogens is 1. The van der Waals surface area contributed by atoms with E-state index in [9.17, 15) is 4.79 Å². The van der Waals surface area contributed by atoms with Crippen LogP contribution in [-0.2, 0) is 14.9 Å². The molecule has 0 atom stereocenters. The van der Waals surface area contributed by atoms with Crippen molar-refractivity contribution in [2.24, 2.45) is 5.41 Å². The highest BCUT2D eigenvalue weighted by Gasteiger charge is 2.65. The summed E-state index contributed by atoms with van der Waals surface area (Å²) < 4.78 is 5.09. The van der Waals surface area contributed by atoms with Gasteiger partial charge in [0.05, 0.1) is 12.5 Å². The molecule has 0 N–H and O–H groups in total. The van der Waals surface area contributed by atoms with E-state index < -0.39 is 5.41 Å². The van der Waals surface area contributed by atoms with Crippen molar-refractivity contribution in [3.8, 4) is 0 Å². The minimum absolute atomic E-state index is 0.112. The largest absolute Gasteiger partial charge is 0.468 e. The van der Waals surface area contributed by atoms with Crippen LogP contribution in [0, 0.1) is 5.41 Å². The van der Waals surface area contributed by atoms with E-state index in [1.165, 1.54) is 32.8 Å². The highest BCUT2D eigenvalue weighted by molar-refractivity contribution is 6.29. The predicted octanol–water partition coefficient (Wildman–Crippen LogP) is 3.60. The molecule has 4 rings (SSSR count). The van der Waals surface area contributed by atoms with Crippen molar-refractivity contribution in [2.45, 2.75) is 49.9 Å². The van der Waals surface area contributed by atoms with E-state index in [4.69, 9.17) is 16.3 Å². The molecule has 3 nitrogen and oxygen atoms in total. The maximum atomic E-state index is 12.4. The van der Waals surface area contributed by atoms with Crippen molar-refractivity contribution in [2.75, 3.05) is 7.11 Å². The zero-order valence-electron chi connectivity index (χ0n) is 11.6. The topological polar surface area (TPSA) is 39.2 Å². The van der Waals surface area contributed by atoms with Gasteiger partial charge in [-0.05, 0) is 61.6 Å². The van der Waals surface area contributed by atoms with Crippen molar-refractivity contribution < 1.29 is 9.53 Å². The fraction of sp³-hybridized carbons (Fsp3) is 0.625. The molecule has 0 unspecified atom stereocenters. The zero-order chi connectivity index (χ0) is 14.0. The minimum atomic E-state index is -0.471. The monoisotopic (exact) mass is 291 g/mol. The average molecular weight is 292 g/mol. The van der Waals surface area contributed by atoms with Gasteiger partial charge in [-0.25, -0.2) is 4.98 Å². The number of rotatable bonds is 3. The molecule has 3 saturated carbocycles. The molecule has 0 amide bonds. The van der Waals surface area contributed by atoms with Crippen LogP contribution < -0.4 is 0 Å². The van der Waals surface area contributed by atoms with Crippen LogP contribution in [0.1, 0.15) is 55.7 Å². The SMILES string of the molecule is COC(=O)C1(c2cc(Cl)nc(C3CC3)c2)CC2(CC2)C1. The number of carbonyl (C=O) groups is 1. The number of nitrogens with zero attached hydrogens (tertiary/aromatic N) is 1. The minimum Gasteiger partial charge on any atom is -0.468 e. The summed E-state index contributed by atoms with van der Waals surface area (Å²) in [7, 11) is 1.48. The third-order valence-corrected chi connectivity index (χ3v) is 5.44. The Morgan fingerprint density at radius 3 is 2.60 bits per heavy atom. The van der Waals surface area contributed by atoms with E-state index in [0.29, 0.717) is 16.5 Å². The molecular weight excluding hydrogens is 274 g/mol. The fourth-order valence-electron chi connectivity index (χ4n) is 3.80. The molecule has 1 aromatic rings. The lowest BCUT2D eigenvalue weighted by molar-refractivity contribution is -0.154. The molecule has 3 aliphatic rings. The Balaban J connectivity index is 1.74. The second-order valence-corrected chi connectivity index (χ2v) is 7.19. The maximum absolute atomic E-state index is 12.4. The fourth-order valence-corrected chi connectivity index (χ4v) is 4.02. The van der Waals surface area contributed by atoms with Crippen LogP contribution in [0.5, 0.6) is 0 Å². The predicted molar refractivity (Wildman–Crippen MR) is 75.8 cm³/mol. The lowest BCUT2D eigenvalue weighted by Gasteiger charge is -2.46. The summed E-state index contributed by atoms with van der Waals surface area (Å²) in [5, 5.41) is 0.504. The number of hydrogen-bond acceptors (Lipinski definition) is 3. The molecule has 0 radical (unpaired) electrons. The number of hydrogen-bond donors (Lipinski definition) is 0. The molecule has 20 heavy (non-hydrogen) atoms. The summed E-state index contributed by atoms with van der Waals surface area (Å²) >= 11 is 6.18. The number of methoxy groups -OCH3 is 1. The van der Waals surface area contributed by atoms with Gasteiger partial charge >= 0.3 is 5.97 Å². The van der Waals surface area contributed by atoms with E-state index in [-0.39, 0.29) is 5.97 Å². The summed E-state index contributed by atoms with van der Waals surface area (Å²) in [5.74, 6) is 0.427. The molecular formula is C16H18ClNO2. The summed E-state index contributed by atoms with van der Waals surface area (Å²) in [6, 6.07) is 3.95. The van der Waals surface area contributed by atoms with Gasteiger partial charge in [-0.2, -0.15) is 0 Å². The third kappa shape index (κ3) is 1.79. The lowest BCUT2D eigenvalue weighted by atomic mass is 9.56. The smallest absolute Gasteiger partial charge is 0.316 e. The molecule has 0 aliphatic heterocycles. The first-order chi connectivity index (χ1) is 9.57. The van der Waals surface area contributed by atoms with Crippen LogP contribution in [0.25, 0.3) is 0 Å². The molecule has 106 valence electrons. The van der Waals surface area contributed by atoms with Gasteiger partial charge < -0.3 is 4.74 Å². The summed E-state index contributed by atoms with van der Waals surface area (Å²) in [6.07, 6.45) is 6.69. The van der Waals surface area contributed by atoms with Crippen molar-refractivity contribution in [1.29, 1.82) is 0 Å². The Hall–Kier alpha value is -1.09. The molecule has 1 heterocycles. The number of halogens is 1. The molecule has 0 bridgehead atoms. The van der Waals surface area contributed by atoms with Crippen LogP contribution >= 0.6 is 11.6 Å².